The number of phenols is 1. The molecule has 0 spiro atoms. The first kappa shape index (κ1) is 15.4. The molecule has 5 heteroatoms. The Bertz CT molecular complexity index is 681. The number of hydrogen-bond donors (Lipinski definition) is 2. The fourth-order valence-corrected chi connectivity index (χ4v) is 1.93. The molecule has 0 fully saturated rings. The number of phenolic OH excluding ortho intramolecular Hbond substituents is 1. The fourth-order valence-electron chi connectivity index (χ4n) is 1.93. The Morgan fingerprint density at radius 1 is 1.09 bits per heavy atom. The van der Waals surface area contributed by atoms with Gasteiger partial charge >= 0.3 is 0 Å². The number of carbonyl (C=O) groups is 1. The molecule has 0 bridgehead atoms. The molecule has 0 aliphatic carbocycles. The average molecular weight is 299 g/mol. The van der Waals surface area contributed by atoms with Gasteiger partial charge in [-0.2, -0.15) is 0 Å². The summed E-state index contributed by atoms with van der Waals surface area (Å²) in [6, 6.07) is 12.4. The van der Waals surface area contributed by atoms with E-state index in [-0.39, 0.29) is 17.4 Å². The smallest absolute Gasteiger partial charge is 0.248 e. The summed E-state index contributed by atoms with van der Waals surface area (Å²) in [7, 11) is 2.92. The van der Waals surface area contributed by atoms with Crippen LogP contribution in [0, 0.1) is 0 Å². The monoisotopic (exact) mass is 299 g/mol. The number of methoxy groups -OCH3 is 2. The number of aromatic hydroxyl groups is 1. The molecule has 1 amide bonds. The van der Waals surface area contributed by atoms with Gasteiger partial charge < -0.3 is 19.9 Å². The number of amides is 1. The molecule has 2 N–H and O–H groups in total. The summed E-state index contributed by atoms with van der Waals surface area (Å²) < 4.78 is 10.2. The minimum atomic E-state index is -0.291. The lowest BCUT2D eigenvalue weighted by Crippen LogP contribution is -2.07. The molecular weight excluding hydrogens is 282 g/mol. The highest BCUT2D eigenvalue weighted by molar-refractivity contribution is 6.02. The number of hydrogen-bond acceptors (Lipinski definition) is 4. The van der Waals surface area contributed by atoms with Crippen molar-refractivity contribution < 1.29 is 19.4 Å². The first-order valence-corrected chi connectivity index (χ1v) is 6.63. The maximum atomic E-state index is 11.8. The van der Waals surface area contributed by atoms with Crippen LogP contribution < -0.4 is 14.8 Å². The summed E-state index contributed by atoms with van der Waals surface area (Å²) in [6.07, 6.45) is 2.85. The van der Waals surface area contributed by atoms with Gasteiger partial charge in [0.25, 0.3) is 0 Å². The van der Waals surface area contributed by atoms with Gasteiger partial charge in [-0.25, -0.2) is 0 Å². The lowest BCUT2D eigenvalue weighted by Gasteiger charge is -2.10. The summed E-state index contributed by atoms with van der Waals surface area (Å²) in [4.78, 5) is 11.8. The molecule has 0 unspecified atom stereocenters. The molecule has 2 aromatic carbocycles. The van der Waals surface area contributed by atoms with Gasteiger partial charge in [-0.1, -0.05) is 18.2 Å². The molecule has 0 aliphatic heterocycles. The van der Waals surface area contributed by atoms with Crippen molar-refractivity contribution in [3.05, 3.63) is 54.1 Å². The van der Waals surface area contributed by atoms with Crippen molar-refractivity contribution in [1.29, 1.82) is 0 Å². The van der Waals surface area contributed by atoms with E-state index in [0.717, 1.165) is 0 Å². The summed E-state index contributed by atoms with van der Waals surface area (Å²) in [5, 5.41) is 12.8. The molecule has 0 saturated carbocycles. The van der Waals surface area contributed by atoms with E-state index in [1.54, 1.807) is 24.3 Å². The van der Waals surface area contributed by atoms with Crippen LogP contribution in [-0.4, -0.2) is 25.2 Å². The third-order valence-corrected chi connectivity index (χ3v) is 3.01. The van der Waals surface area contributed by atoms with Gasteiger partial charge in [-0.15, -0.1) is 0 Å². The van der Waals surface area contributed by atoms with E-state index in [9.17, 15) is 9.90 Å². The molecule has 0 saturated heterocycles. The molecule has 2 rings (SSSR count). The van der Waals surface area contributed by atoms with E-state index in [2.05, 4.69) is 5.32 Å². The Labute approximate surface area is 128 Å². The van der Waals surface area contributed by atoms with Crippen molar-refractivity contribution in [2.45, 2.75) is 0 Å². The average Bonchev–Trinajstić information content (AvgIpc) is 2.54. The highest BCUT2D eigenvalue weighted by Crippen LogP contribution is 2.39. The minimum absolute atomic E-state index is 0.0781. The highest BCUT2D eigenvalue weighted by atomic mass is 16.5. The van der Waals surface area contributed by atoms with Gasteiger partial charge in [-0.05, 0) is 30.3 Å². The van der Waals surface area contributed by atoms with Gasteiger partial charge in [0.2, 0.25) is 11.7 Å². The number of nitrogens with one attached hydrogen (secondary N) is 1. The van der Waals surface area contributed by atoms with Crippen LogP contribution >= 0.6 is 0 Å². The van der Waals surface area contributed by atoms with Crippen molar-refractivity contribution in [3.63, 3.8) is 0 Å². The van der Waals surface area contributed by atoms with E-state index in [4.69, 9.17) is 9.47 Å². The van der Waals surface area contributed by atoms with Gasteiger partial charge in [0.15, 0.2) is 11.5 Å². The number of ether oxygens (including phenoxy) is 2. The lowest BCUT2D eigenvalue weighted by atomic mass is 10.1. The van der Waals surface area contributed by atoms with E-state index in [0.29, 0.717) is 17.0 Å². The van der Waals surface area contributed by atoms with Crippen LogP contribution in [0.3, 0.4) is 0 Å². The third kappa shape index (κ3) is 3.58. The second-order valence-corrected chi connectivity index (χ2v) is 4.43. The molecule has 114 valence electrons. The predicted octanol–water partition coefficient (Wildman–Crippen LogP) is 3.06. The van der Waals surface area contributed by atoms with Crippen LogP contribution in [0.25, 0.3) is 6.08 Å². The van der Waals surface area contributed by atoms with Crippen LogP contribution in [0.15, 0.2) is 48.5 Å². The zero-order valence-electron chi connectivity index (χ0n) is 12.4. The van der Waals surface area contributed by atoms with Crippen LogP contribution in [-0.2, 0) is 4.79 Å². The number of para-hydroxylation sites is 1. The normalized spacial score (nSPS) is 10.5. The first-order valence-electron chi connectivity index (χ1n) is 6.63. The molecule has 0 heterocycles. The van der Waals surface area contributed by atoms with Crippen LogP contribution in [0.4, 0.5) is 5.69 Å². The summed E-state index contributed by atoms with van der Waals surface area (Å²) in [5.74, 6) is 0.282. The summed E-state index contributed by atoms with van der Waals surface area (Å²) >= 11 is 0. The molecule has 0 atom stereocenters. The second kappa shape index (κ2) is 7.17. The SMILES string of the molecule is COc1ccc(/C=C/C(=O)Nc2ccccc2)c(O)c1OC. The van der Waals surface area contributed by atoms with Crippen molar-refractivity contribution in [2.75, 3.05) is 19.5 Å². The maximum absolute atomic E-state index is 11.8. The zero-order chi connectivity index (χ0) is 15.9. The van der Waals surface area contributed by atoms with Crippen molar-refractivity contribution in [3.8, 4) is 17.2 Å². The van der Waals surface area contributed by atoms with Gasteiger partial charge in [0, 0.05) is 17.3 Å². The van der Waals surface area contributed by atoms with Crippen molar-refractivity contribution >= 4 is 17.7 Å². The zero-order valence-corrected chi connectivity index (χ0v) is 12.4. The van der Waals surface area contributed by atoms with Crippen LogP contribution in [0.1, 0.15) is 5.56 Å². The lowest BCUT2D eigenvalue weighted by molar-refractivity contribution is -0.111. The minimum Gasteiger partial charge on any atom is -0.504 e. The summed E-state index contributed by atoms with van der Waals surface area (Å²) in [5.41, 5.74) is 1.16. The van der Waals surface area contributed by atoms with Crippen molar-refractivity contribution in [2.24, 2.45) is 0 Å². The highest BCUT2D eigenvalue weighted by Gasteiger charge is 2.12. The Morgan fingerprint density at radius 3 is 2.45 bits per heavy atom. The van der Waals surface area contributed by atoms with Crippen LogP contribution in [0.2, 0.25) is 0 Å². The standard InChI is InChI=1S/C17H17NO4/c1-21-14-10-8-12(16(20)17(14)22-2)9-11-15(19)18-13-6-4-3-5-7-13/h3-11,20H,1-2H3,(H,18,19)/b11-9+. The fraction of sp³-hybridized carbons (Fsp3) is 0.118. The van der Waals surface area contributed by atoms with Gasteiger partial charge in [0.05, 0.1) is 14.2 Å². The number of carbonyl (C=O) groups excluding carboxylic acids is 1. The Balaban J connectivity index is 2.14. The Hall–Kier alpha value is -2.95. The molecule has 0 radical (unpaired) electrons. The Morgan fingerprint density at radius 2 is 1.82 bits per heavy atom. The van der Waals surface area contributed by atoms with E-state index < -0.39 is 0 Å². The number of anilines is 1. The molecule has 2 aromatic rings. The van der Waals surface area contributed by atoms with E-state index in [1.807, 2.05) is 18.2 Å². The topological polar surface area (TPSA) is 67.8 Å². The van der Waals surface area contributed by atoms with E-state index in [1.165, 1.54) is 26.4 Å². The van der Waals surface area contributed by atoms with Gasteiger partial charge in [-0.3, -0.25) is 4.79 Å². The molecule has 22 heavy (non-hydrogen) atoms. The molecule has 0 aliphatic rings. The molecule has 0 aromatic heterocycles. The quantitative estimate of drug-likeness (QED) is 0.833. The molecule has 5 nitrogen and oxygen atoms in total. The van der Waals surface area contributed by atoms with E-state index >= 15 is 0 Å². The number of benzene rings is 2. The maximum Gasteiger partial charge on any atom is 0.248 e. The van der Waals surface area contributed by atoms with Crippen molar-refractivity contribution in [1.82, 2.24) is 0 Å². The predicted molar refractivity (Wildman–Crippen MR) is 85.3 cm³/mol. The third-order valence-electron chi connectivity index (χ3n) is 3.01. The van der Waals surface area contributed by atoms with Crippen LogP contribution in [0.5, 0.6) is 17.2 Å². The second-order valence-electron chi connectivity index (χ2n) is 4.43. The number of rotatable bonds is 5. The summed E-state index contributed by atoms with van der Waals surface area (Å²) in [6.45, 7) is 0. The first-order chi connectivity index (χ1) is 10.7. The van der Waals surface area contributed by atoms with Gasteiger partial charge in [0.1, 0.15) is 0 Å². The largest absolute Gasteiger partial charge is 0.504 e. The molecular formula is C17H17NO4. The Kier molecular flexibility index (Phi) is 5.03.